The second-order valence-electron chi connectivity index (χ2n) is 3.29. The second kappa shape index (κ2) is 7.24. The van der Waals surface area contributed by atoms with E-state index in [0.29, 0.717) is 5.03 Å². The normalized spacial score (nSPS) is 10.3. The fourth-order valence-corrected chi connectivity index (χ4v) is 2.22. The Morgan fingerprint density at radius 3 is 2.88 bits per heavy atom. The summed E-state index contributed by atoms with van der Waals surface area (Å²) >= 11 is 1.45. The van der Waals surface area contributed by atoms with E-state index in [-0.39, 0.29) is 12.2 Å². The van der Waals surface area contributed by atoms with Crippen molar-refractivity contribution >= 4 is 17.7 Å². The standard InChI is InChI=1S/C11H15NO3S/c13-7-2-1-3-8-16-10-9(11(14)15)5-4-6-12-10/h4-6,13H,1-3,7-8H2,(H,14,15). The van der Waals surface area contributed by atoms with Gasteiger partial charge in [0.05, 0.1) is 5.56 Å². The minimum absolute atomic E-state index is 0.217. The van der Waals surface area contributed by atoms with Crippen LogP contribution in [0.15, 0.2) is 23.4 Å². The molecule has 0 radical (unpaired) electrons. The fourth-order valence-electron chi connectivity index (χ4n) is 1.23. The van der Waals surface area contributed by atoms with Gasteiger partial charge in [0.15, 0.2) is 0 Å². The van der Waals surface area contributed by atoms with E-state index in [0.717, 1.165) is 25.0 Å². The van der Waals surface area contributed by atoms with Gasteiger partial charge in [-0.15, -0.1) is 11.8 Å². The molecule has 0 saturated carbocycles. The molecular weight excluding hydrogens is 226 g/mol. The summed E-state index contributed by atoms with van der Waals surface area (Å²) < 4.78 is 0. The zero-order valence-corrected chi connectivity index (χ0v) is 9.74. The van der Waals surface area contributed by atoms with Crippen LogP contribution < -0.4 is 0 Å². The number of aromatic nitrogens is 1. The van der Waals surface area contributed by atoms with Crippen LogP contribution in [0.5, 0.6) is 0 Å². The zero-order valence-electron chi connectivity index (χ0n) is 8.93. The zero-order chi connectivity index (χ0) is 11.8. The van der Waals surface area contributed by atoms with Crippen molar-refractivity contribution in [3.63, 3.8) is 0 Å². The number of nitrogens with zero attached hydrogens (tertiary/aromatic N) is 1. The van der Waals surface area contributed by atoms with Crippen LogP contribution in [0, 0.1) is 0 Å². The molecule has 0 fully saturated rings. The van der Waals surface area contributed by atoms with Gasteiger partial charge in [-0.05, 0) is 30.7 Å². The molecule has 0 aliphatic carbocycles. The average Bonchev–Trinajstić information content (AvgIpc) is 2.29. The maximum Gasteiger partial charge on any atom is 0.338 e. The molecule has 0 aromatic carbocycles. The number of carboxylic acids is 1. The highest BCUT2D eigenvalue weighted by Crippen LogP contribution is 2.21. The number of aliphatic hydroxyl groups excluding tert-OH is 1. The molecule has 1 heterocycles. The van der Waals surface area contributed by atoms with Crippen LogP contribution in [-0.4, -0.2) is 33.5 Å². The number of thioether (sulfide) groups is 1. The lowest BCUT2D eigenvalue weighted by Crippen LogP contribution is -2.00. The summed E-state index contributed by atoms with van der Waals surface area (Å²) in [6.45, 7) is 0.217. The predicted octanol–water partition coefficient (Wildman–Crippen LogP) is 2.03. The Morgan fingerprint density at radius 2 is 2.19 bits per heavy atom. The minimum atomic E-state index is -0.939. The number of carboxylic acid groups (broad SMARTS) is 1. The van der Waals surface area contributed by atoms with Crippen LogP contribution in [-0.2, 0) is 0 Å². The number of pyridine rings is 1. The van der Waals surface area contributed by atoms with Gasteiger partial charge in [-0.1, -0.05) is 6.42 Å². The Labute approximate surface area is 98.7 Å². The van der Waals surface area contributed by atoms with Gasteiger partial charge in [0.25, 0.3) is 0 Å². The molecule has 1 aromatic rings. The number of unbranched alkanes of at least 4 members (excludes halogenated alkanes) is 2. The summed E-state index contributed by atoms with van der Waals surface area (Å²) in [6, 6.07) is 3.19. The first-order valence-electron chi connectivity index (χ1n) is 5.17. The van der Waals surface area contributed by atoms with E-state index >= 15 is 0 Å². The molecule has 4 nitrogen and oxygen atoms in total. The van der Waals surface area contributed by atoms with Crippen LogP contribution in [0.25, 0.3) is 0 Å². The smallest absolute Gasteiger partial charge is 0.338 e. The Bertz CT molecular complexity index is 344. The lowest BCUT2D eigenvalue weighted by molar-refractivity contribution is 0.0692. The predicted molar refractivity (Wildman–Crippen MR) is 62.9 cm³/mol. The lowest BCUT2D eigenvalue weighted by atomic mass is 10.3. The molecule has 0 spiro atoms. The first kappa shape index (κ1) is 13.0. The number of aliphatic hydroxyl groups is 1. The van der Waals surface area contributed by atoms with Crippen LogP contribution in [0.1, 0.15) is 29.6 Å². The van der Waals surface area contributed by atoms with Gasteiger partial charge in [0.1, 0.15) is 5.03 Å². The van der Waals surface area contributed by atoms with Crippen molar-refractivity contribution < 1.29 is 15.0 Å². The molecular formula is C11H15NO3S. The maximum atomic E-state index is 10.9. The van der Waals surface area contributed by atoms with Crippen LogP contribution in [0.4, 0.5) is 0 Å². The van der Waals surface area contributed by atoms with Crippen molar-refractivity contribution in [2.75, 3.05) is 12.4 Å². The van der Waals surface area contributed by atoms with Crippen molar-refractivity contribution in [2.45, 2.75) is 24.3 Å². The van der Waals surface area contributed by atoms with Gasteiger partial charge < -0.3 is 10.2 Å². The molecule has 1 rings (SSSR count). The third-order valence-corrected chi connectivity index (χ3v) is 3.13. The Hall–Kier alpha value is -1.07. The monoisotopic (exact) mass is 241 g/mol. The third kappa shape index (κ3) is 4.20. The van der Waals surface area contributed by atoms with Crippen molar-refractivity contribution in [3.8, 4) is 0 Å². The number of hydrogen-bond donors (Lipinski definition) is 2. The van der Waals surface area contributed by atoms with Gasteiger partial charge in [-0.2, -0.15) is 0 Å². The third-order valence-electron chi connectivity index (χ3n) is 2.04. The molecule has 0 unspecified atom stereocenters. The summed E-state index contributed by atoms with van der Waals surface area (Å²) in [4.78, 5) is 14.9. The van der Waals surface area contributed by atoms with E-state index in [4.69, 9.17) is 10.2 Å². The minimum Gasteiger partial charge on any atom is -0.478 e. The molecule has 0 amide bonds. The van der Waals surface area contributed by atoms with E-state index in [1.807, 2.05) is 0 Å². The van der Waals surface area contributed by atoms with Gasteiger partial charge in [0.2, 0.25) is 0 Å². The van der Waals surface area contributed by atoms with Crippen molar-refractivity contribution in [3.05, 3.63) is 23.9 Å². The lowest BCUT2D eigenvalue weighted by Gasteiger charge is -2.03. The molecule has 0 aliphatic heterocycles. The maximum absolute atomic E-state index is 10.9. The van der Waals surface area contributed by atoms with Crippen molar-refractivity contribution in [1.29, 1.82) is 0 Å². The fraction of sp³-hybridized carbons (Fsp3) is 0.455. The van der Waals surface area contributed by atoms with E-state index < -0.39 is 5.97 Å². The summed E-state index contributed by atoms with van der Waals surface area (Å²) in [5.74, 6) is -0.108. The largest absolute Gasteiger partial charge is 0.478 e. The number of hydrogen-bond acceptors (Lipinski definition) is 4. The van der Waals surface area contributed by atoms with Crippen LogP contribution in [0.2, 0.25) is 0 Å². The molecule has 0 saturated heterocycles. The first-order valence-corrected chi connectivity index (χ1v) is 6.16. The molecule has 0 atom stereocenters. The summed E-state index contributed by atoms with van der Waals surface area (Å²) in [7, 11) is 0. The summed E-state index contributed by atoms with van der Waals surface area (Å²) in [5.41, 5.74) is 0.259. The van der Waals surface area contributed by atoms with Crippen molar-refractivity contribution in [1.82, 2.24) is 4.98 Å². The highest BCUT2D eigenvalue weighted by Gasteiger charge is 2.10. The van der Waals surface area contributed by atoms with E-state index in [1.165, 1.54) is 11.8 Å². The Kier molecular flexibility index (Phi) is 5.88. The van der Waals surface area contributed by atoms with Gasteiger partial charge in [-0.25, -0.2) is 9.78 Å². The summed E-state index contributed by atoms with van der Waals surface area (Å²) in [6.07, 6.45) is 4.32. The molecule has 5 heteroatoms. The van der Waals surface area contributed by atoms with Crippen molar-refractivity contribution in [2.24, 2.45) is 0 Å². The molecule has 0 aliphatic rings. The second-order valence-corrected chi connectivity index (χ2v) is 4.38. The number of aromatic carboxylic acids is 1. The van der Waals surface area contributed by atoms with Crippen LogP contribution in [0.3, 0.4) is 0 Å². The molecule has 2 N–H and O–H groups in total. The SMILES string of the molecule is O=C(O)c1cccnc1SCCCCCO. The topological polar surface area (TPSA) is 70.4 Å². The van der Waals surface area contributed by atoms with E-state index in [9.17, 15) is 4.79 Å². The van der Waals surface area contributed by atoms with E-state index in [1.54, 1.807) is 18.3 Å². The molecule has 16 heavy (non-hydrogen) atoms. The van der Waals surface area contributed by atoms with Gasteiger partial charge in [-0.3, -0.25) is 0 Å². The van der Waals surface area contributed by atoms with Gasteiger partial charge in [0, 0.05) is 12.8 Å². The van der Waals surface area contributed by atoms with Crippen LogP contribution >= 0.6 is 11.8 Å². The number of carbonyl (C=O) groups is 1. The first-order chi connectivity index (χ1) is 7.75. The highest BCUT2D eigenvalue weighted by molar-refractivity contribution is 7.99. The summed E-state index contributed by atoms with van der Waals surface area (Å²) in [5, 5.41) is 18.1. The highest BCUT2D eigenvalue weighted by atomic mass is 32.2. The molecule has 88 valence electrons. The average molecular weight is 241 g/mol. The molecule has 1 aromatic heterocycles. The van der Waals surface area contributed by atoms with E-state index in [2.05, 4.69) is 4.98 Å². The Morgan fingerprint density at radius 1 is 1.38 bits per heavy atom. The number of rotatable bonds is 7. The molecule has 0 bridgehead atoms. The Balaban J connectivity index is 2.44. The van der Waals surface area contributed by atoms with Gasteiger partial charge >= 0.3 is 5.97 Å². The quantitative estimate of drug-likeness (QED) is 0.564.